The monoisotopic (exact) mass is 564 g/mol. The SMILES string of the molecule is C=C(Nc1ccc(C(=O)NCC2CCCCN2C)cc1N)Nc1cc(CNC(=C)C2(C)CCCCC2)ccc1Cl. The molecule has 2 aromatic rings. The molecule has 8 heteroatoms. The number of halogens is 1. The minimum atomic E-state index is -0.119. The van der Waals surface area contributed by atoms with Crippen molar-refractivity contribution in [3.63, 3.8) is 0 Å². The Kier molecular flexibility index (Phi) is 10.0. The Morgan fingerprint density at radius 2 is 1.77 bits per heavy atom. The highest BCUT2D eigenvalue weighted by Gasteiger charge is 2.29. The molecule has 1 saturated heterocycles. The standard InChI is InChI=1S/C32H45ClN6O/c1-22(32(3)15-7-5-8-16-32)35-20-24-11-13-27(33)30(18-24)38-23(2)37-29-14-12-25(19-28(29)34)31(40)36-21-26-10-6-9-17-39(26)4/h11-14,18-19,26,35,37-38H,1-2,5-10,15-17,20-21,34H2,3-4H3,(H,36,40). The van der Waals surface area contributed by atoms with Gasteiger partial charge in [-0.05, 0) is 75.2 Å². The number of benzene rings is 2. The molecule has 4 rings (SSSR count). The van der Waals surface area contributed by atoms with Gasteiger partial charge in [0.05, 0.1) is 22.1 Å². The van der Waals surface area contributed by atoms with Gasteiger partial charge >= 0.3 is 0 Å². The summed E-state index contributed by atoms with van der Waals surface area (Å²) in [5.74, 6) is 0.405. The third kappa shape index (κ3) is 7.73. The number of amides is 1. The first-order chi connectivity index (χ1) is 19.1. The summed E-state index contributed by atoms with van der Waals surface area (Å²) in [4.78, 5) is 15.0. The Labute approximate surface area is 244 Å². The predicted octanol–water partition coefficient (Wildman–Crippen LogP) is 6.71. The summed E-state index contributed by atoms with van der Waals surface area (Å²) in [6.45, 7) is 13.1. The van der Waals surface area contributed by atoms with E-state index in [1.807, 2.05) is 18.2 Å². The quantitative estimate of drug-likeness (QED) is 0.195. The Morgan fingerprint density at radius 1 is 1.02 bits per heavy atom. The molecule has 1 atom stereocenters. The normalized spacial score (nSPS) is 18.9. The van der Waals surface area contributed by atoms with Gasteiger partial charge in [0.2, 0.25) is 0 Å². The van der Waals surface area contributed by atoms with Gasteiger partial charge in [-0.15, -0.1) is 0 Å². The van der Waals surface area contributed by atoms with Crippen LogP contribution >= 0.6 is 11.6 Å². The van der Waals surface area contributed by atoms with Crippen molar-refractivity contribution in [3.8, 4) is 0 Å². The molecular weight excluding hydrogens is 520 g/mol. The van der Waals surface area contributed by atoms with E-state index < -0.39 is 0 Å². The second-order valence-electron chi connectivity index (χ2n) is 11.6. The summed E-state index contributed by atoms with van der Waals surface area (Å²) in [7, 11) is 2.12. The molecule has 40 heavy (non-hydrogen) atoms. The molecule has 2 aliphatic rings. The number of nitrogen functional groups attached to an aromatic ring is 1. The fourth-order valence-electron chi connectivity index (χ4n) is 5.72. The molecule has 1 amide bonds. The van der Waals surface area contributed by atoms with E-state index >= 15 is 0 Å². The molecule has 0 radical (unpaired) electrons. The molecule has 2 fully saturated rings. The molecule has 1 aliphatic heterocycles. The van der Waals surface area contributed by atoms with Gasteiger partial charge in [-0.3, -0.25) is 4.79 Å². The minimum absolute atomic E-state index is 0.119. The number of rotatable bonds is 11. The molecule has 0 aromatic heterocycles. The van der Waals surface area contributed by atoms with Crippen molar-refractivity contribution < 1.29 is 4.79 Å². The molecule has 7 nitrogen and oxygen atoms in total. The van der Waals surface area contributed by atoms with Crippen LogP contribution < -0.4 is 27.0 Å². The average Bonchev–Trinajstić information content (AvgIpc) is 2.94. The molecule has 0 bridgehead atoms. The maximum absolute atomic E-state index is 12.7. The molecule has 1 aliphatic carbocycles. The summed E-state index contributed by atoms with van der Waals surface area (Å²) in [6.07, 6.45) is 9.75. The lowest BCUT2D eigenvalue weighted by atomic mass is 9.73. The number of piperidine rings is 1. The molecule has 1 saturated carbocycles. The molecule has 216 valence electrons. The van der Waals surface area contributed by atoms with Crippen molar-refractivity contribution in [3.05, 3.63) is 77.2 Å². The zero-order chi connectivity index (χ0) is 28.7. The lowest BCUT2D eigenvalue weighted by Crippen LogP contribution is -2.44. The smallest absolute Gasteiger partial charge is 0.251 e. The van der Waals surface area contributed by atoms with E-state index in [1.54, 1.807) is 18.2 Å². The van der Waals surface area contributed by atoms with Gasteiger partial charge in [0.15, 0.2) is 0 Å². The van der Waals surface area contributed by atoms with Crippen LogP contribution in [0.5, 0.6) is 0 Å². The number of likely N-dealkylation sites (N-methyl/N-ethyl adjacent to an activating group) is 1. The van der Waals surface area contributed by atoms with Crippen LogP contribution in [0.1, 0.15) is 74.2 Å². The molecule has 2 aromatic carbocycles. The summed E-state index contributed by atoms with van der Waals surface area (Å²) >= 11 is 6.49. The number of anilines is 3. The van der Waals surface area contributed by atoms with Crippen LogP contribution in [0.2, 0.25) is 5.02 Å². The van der Waals surface area contributed by atoms with Crippen molar-refractivity contribution in [2.75, 3.05) is 36.5 Å². The lowest BCUT2D eigenvalue weighted by molar-refractivity contribution is 0.0928. The van der Waals surface area contributed by atoms with Crippen LogP contribution in [0.15, 0.2) is 61.1 Å². The number of nitrogens with two attached hydrogens (primary N) is 1. The third-order valence-electron chi connectivity index (χ3n) is 8.53. The first kappa shape index (κ1) is 29.8. The van der Waals surface area contributed by atoms with Gasteiger partial charge < -0.3 is 31.9 Å². The van der Waals surface area contributed by atoms with Crippen molar-refractivity contribution in [1.29, 1.82) is 0 Å². The molecular formula is C32H45ClN6O. The zero-order valence-electron chi connectivity index (χ0n) is 24.0. The maximum atomic E-state index is 12.7. The average molecular weight is 565 g/mol. The van der Waals surface area contributed by atoms with E-state index in [4.69, 9.17) is 17.3 Å². The molecule has 1 heterocycles. The van der Waals surface area contributed by atoms with Crippen molar-refractivity contribution >= 4 is 34.6 Å². The summed E-state index contributed by atoms with van der Waals surface area (Å²) < 4.78 is 0. The Hall–Kier alpha value is -3.16. The van der Waals surface area contributed by atoms with Crippen LogP contribution in [0, 0.1) is 5.41 Å². The second kappa shape index (κ2) is 13.5. The number of carbonyl (C=O) groups excluding carboxylic acids is 1. The maximum Gasteiger partial charge on any atom is 0.251 e. The van der Waals surface area contributed by atoms with Crippen LogP contribution in [-0.2, 0) is 6.54 Å². The Bertz CT molecular complexity index is 1220. The van der Waals surface area contributed by atoms with E-state index in [1.165, 1.54) is 44.9 Å². The van der Waals surface area contributed by atoms with Crippen LogP contribution in [0.4, 0.5) is 17.1 Å². The van der Waals surface area contributed by atoms with E-state index in [9.17, 15) is 4.79 Å². The molecule has 6 N–H and O–H groups in total. The first-order valence-electron chi connectivity index (χ1n) is 14.5. The van der Waals surface area contributed by atoms with Gasteiger partial charge in [-0.25, -0.2) is 0 Å². The predicted molar refractivity (Wildman–Crippen MR) is 168 cm³/mol. The van der Waals surface area contributed by atoms with E-state index in [0.717, 1.165) is 29.9 Å². The van der Waals surface area contributed by atoms with Crippen molar-refractivity contribution in [2.45, 2.75) is 70.9 Å². The van der Waals surface area contributed by atoms with Gasteiger partial charge in [-0.2, -0.15) is 0 Å². The van der Waals surface area contributed by atoms with Crippen LogP contribution in [-0.4, -0.2) is 37.0 Å². The number of allylic oxidation sites excluding steroid dienone is 1. The number of nitrogens with one attached hydrogen (secondary N) is 4. The number of carbonyl (C=O) groups is 1. The van der Waals surface area contributed by atoms with Crippen LogP contribution in [0.3, 0.4) is 0 Å². The zero-order valence-corrected chi connectivity index (χ0v) is 24.8. The van der Waals surface area contributed by atoms with Crippen molar-refractivity contribution in [2.24, 2.45) is 5.41 Å². The summed E-state index contributed by atoms with van der Waals surface area (Å²) in [5.41, 5.74) is 11.1. The van der Waals surface area contributed by atoms with Crippen LogP contribution in [0.25, 0.3) is 0 Å². The Morgan fingerprint density at radius 3 is 2.50 bits per heavy atom. The highest BCUT2D eigenvalue weighted by Crippen LogP contribution is 2.40. The van der Waals surface area contributed by atoms with Gasteiger partial charge in [0, 0.05) is 35.8 Å². The summed E-state index contributed by atoms with van der Waals surface area (Å²) in [6, 6.07) is 11.5. The number of nitrogens with zero attached hydrogens (tertiary/aromatic N) is 1. The highest BCUT2D eigenvalue weighted by molar-refractivity contribution is 6.33. The molecule has 1 unspecified atom stereocenters. The van der Waals surface area contributed by atoms with E-state index in [-0.39, 0.29) is 11.3 Å². The summed E-state index contributed by atoms with van der Waals surface area (Å²) in [5, 5.41) is 13.7. The molecule has 0 spiro atoms. The number of hydrogen-bond donors (Lipinski definition) is 5. The second-order valence-corrected chi connectivity index (χ2v) is 12.0. The fourth-order valence-corrected chi connectivity index (χ4v) is 5.89. The van der Waals surface area contributed by atoms with Gasteiger partial charge in [0.25, 0.3) is 5.91 Å². The largest absolute Gasteiger partial charge is 0.397 e. The topological polar surface area (TPSA) is 94.5 Å². The van der Waals surface area contributed by atoms with Crippen molar-refractivity contribution in [1.82, 2.24) is 15.5 Å². The minimum Gasteiger partial charge on any atom is -0.397 e. The lowest BCUT2D eigenvalue weighted by Gasteiger charge is -2.36. The van der Waals surface area contributed by atoms with E-state index in [0.29, 0.717) is 46.9 Å². The van der Waals surface area contributed by atoms with Gasteiger partial charge in [-0.1, -0.05) is 63.4 Å². The first-order valence-corrected chi connectivity index (χ1v) is 14.8. The van der Waals surface area contributed by atoms with Gasteiger partial charge in [0.1, 0.15) is 5.82 Å². The van der Waals surface area contributed by atoms with E-state index in [2.05, 4.69) is 53.3 Å². The Balaban J connectivity index is 1.30. The third-order valence-corrected chi connectivity index (χ3v) is 8.86. The fraction of sp³-hybridized carbons (Fsp3) is 0.469. The number of hydrogen-bond acceptors (Lipinski definition) is 6. The number of likely N-dealkylation sites (tertiary alicyclic amines) is 1. The highest BCUT2D eigenvalue weighted by atomic mass is 35.5.